The second kappa shape index (κ2) is 6.65. The molecule has 0 atom stereocenters. The molecule has 5 heteroatoms. The lowest BCUT2D eigenvalue weighted by atomic mass is 10.2. The lowest BCUT2D eigenvalue weighted by Gasteiger charge is -2.16. The monoisotopic (exact) mass is 271 g/mol. The minimum absolute atomic E-state index is 0.163. The number of aromatic nitrogens is 2. The van der Waals surface area contributed by atoms with Crippen molar-refractivity contribution in [1.82, 2.24) is 15.1 Å². The van der Waals surface area contributed by atoms with E-state index >= 15 is 0 Å². The zero-order valence-electron chi connectivity index (χ0n) is 11.6. The largest absolute Gasteiger partial charge is 0.477 e. The van der Waals surface area contributed by atoms with Gasteiger partial charge in [-0.2, -0.15) is 0 Å². The van der Waals surface area contributed by atoms with Gasteiger partial charge in [0.15, 0.2) is 5.69 Å². The third-order valence-corrected chi connectivity index (χ3v) is 2.76. The van der Waals surface area contributed by atoms with Crippen LogP contribution in [0.4, 0.5) is 0 Å². The highest BCUT2D eigenvalue weighted by Crippen LogP contribution is 2.09. The fourth-order valence-corrected chi connectivity index (χ4v) is 1.78. The van der Waals surface area contributed by atoms with E-state index in [9.17, 15) is 4.79 Å². The van der Waals surface area contributed by atoms with E-state index in [1.54, 1.807) is 24.1 Å². The highest BCUT2D eigenvalue weighted by molar-refractivity contribution is 5.91. The van der Waals surface area contributed by atoms with Crippen LogP contribution in [0.25, 0.3) is 0 Å². The molecule has 5 nitrogen and oxygen atoms in total. The molecule has 1 heterocycles. The Morgan fingerprint density at radius 1 is 1.15 bits per heavy atom. The van der Waals surface area contributed by atoms with Gasteiger partial charge in [-0.15, -0.1) is 10.2 Å². The molecule has 0 aliphatic carbocycles. The summed E-state index contributed by atoms with van der Waals surface area (Å²) in [5.41, 5.74) is 1.38. The first-order chi connectivity index (χ1) is 9.70. The Labute approximate surface area is 118 Å². The summed E-state index contributed by atoms with van der Waals surface area (Å²) in [6, 6.07) is 13.1. The van der Waals surface area contributed by atoms with Crippen molar-refractivity contribution in [2.45, 2.75) is 13.5 Å². The summed E-state index contributed by atoms with van der Waals surface area (Å²) in [6.07, 6.45) is 0. The van der Waals surface area contributed by atoms with E-state index in [1.165, 1.54) is 0 Å². The molecule has 0 radical (unpaired) electrons. The van der Waals surface area contributed by atoms with Crippen molar-refractivity contribution in [2.75, 3.05) is 13.7 Å². The Hall–Kier alpha value is -2.43. The summed E-state index contributed by atoms with van der Waals surface area (Å²) in [5.74, 6) is 0.263. The minimum Gasteiger partial charge on any atom is -0.477 e. The summed E-state index contributed by atoms with van der Waals surface area (Å²) < 4.78 is 5.20. The van der Waals surface area contributed by atoms with E-state index in [4.69, 9.17) is 4.74 Å². The molecule has 0 fully saturated rings. The van der Waals surface area contributed by atoms with Gasteiger partial charge < -0.3 is 9.64 Å². The van der Waals surface area contributed by atoms with Crippen LogP contribution in [0.2, 0.25) is 0 Å². The Kier molecular flexibility index (Phi) is 4.65. The van der Waals surface area contributed by atoms with Crippen molar-refractivity contribution in [3.63, 3.8) is 0 Å². The molecule has 0 saturated carbocycles. The maximum atomic E-state index is 12.2. The molecule has 2 rings (SSSR count). The molecule has 2 aromatic rings. The Morgan fingerprint density at radius 2 is 1.90 bits per heavy atom. The first kappa shape index (κ1) is 14.0. The maximum Gasteiger partial charge on any atom is 0.274 e. The average Bonchev–Trinajstić information content (AvgIpc) is 2.48. The molecular formula is C15H17N3O2. The van der Waals surface area contributed by atoms with Crippen LogP contribution in [0.1, 0.15) is 23.0 Å². The fraction of sp³-hybridized carbons (Fsp3) is 0.267. The molecule has 1 aromatic heterocycles. The third-order valence-electron chi connectivity index (χ3n) is 2.76. The van der Waals surface area contributed by atoms with Crippen molar-refractivity contribution >= 4 is 5.91 Å². The highest BCUT2D eigenvalue weighted by Gasteiger charge is 2.14. The van der Waals surface area contributed by atoms with E-state index in [1.807, 2.05) is 37.3 Å². The first-order valence-corrected chi connectivity index (χ1v) is 6.46. The van der Waals surface area contributed by atoms with E-state index < -0.39 is 0 Å². The van der Waals surface area contributed by atoms with Gasteiger partial charge in [0.1, 0.15) is 0 Å². The number of carbonyl (C=O) groups is 1. The molecule has 20 heavy (non-hydrogen) atoms. The molecule has 104 valence electrons. The Balaban J connectivity index is 2.03. The summed E-state index contributed by atoms with van der Waals surface area (Å²) in [7, 11) is 1.74. The molecule has 0 aliphatic rings. The molecule has 1 aromatic carbocycles. The van der Waals surface area contributed by atoms with Gasteiger partial charge in [-0.3, -0.25) is 4.79 Å². The predicted molar refractivity (Wildman–Crippen MR) is 75.4 cm³/mol. The fourth-order valence-electron chi connectivity index (χ4n) is 1.78. The zero-order chi connectivity index (χ0) is 14.4. The summed E-state index contributed by atoms with van der Waals surface area (Å²) in [6.45, 7) is 2.93. The molecule has 0 unspecified atom stereocenters. The summed E-state index contributed by atoms with van der Waals surface area (Å²) in [5, 5.41) is 7.75. The topological polar surface area (TPSA) is 55.3 Å². The number of benzene rings is 1. The van der Waals surface area contributed by atoms with Crippen LogP contribution in [-0.2, 0) is 6.54 Å². The quantitative estimate of drug-likeness (QED) is 0.836. The van der Waals surface area contributed by atoms with Crippen molar-refractivity contribution in [2.24, 2.45) is 0 Å². The van der Waals surface area contributed by atoms with Gasteiger partial charge >= 0.3 is 0 Å². The maximum absolute atomic E-state index is 12.2. The zero-order valence-corrected chi connectivity index (χ0v) is 11.6. The molecule has 0 spiro atoms. The molecular weight excluding hydrogens is 254 g/mol. The van der Waals surface area contributed by atoms with Crippen LogP contribution >= 0.6 is 0 Å². The van der Waals surface area contributed by atoms with Gasteiger partial charge in [0.2, 0.25) is 5.88 Å². The smallest absolute Gasteiger partial charge is 0.274 e. The first-order valence-electron chi connectivity index (χ1n) is 6.46. The van der Waals surface area contributed by atoms with Gasteiger partial charge in [-0.1, -0.05) is 30.3 Å². The lowest BCUT2D eigenvalue weighted by Crippen LogP contribution is -2.27. The summed E-state index contributed by atoms with van der Waals surface area (Å²) in [4.78, 5) is 13.8. The second-order valence-electron chi connectivity index (χ2n) is 4.34. The van der Waals surface area contributed by atoms with Crippen molar-refractivity contribution in [3.05, 3.63) is 53.7 Å². The number of ether oxygens (including phenoxy) is 1. The highest BCUT2D eigenvalue weighted by atomic mass is 16.5. The summed E-state index contributed by atoms with van der Waals surface area (Å²) >= 11 is 0. The number of amides is 1. The van der Waals surface area contributed by atoms with Gasteiger partial charge in [-0.25, -0.2) is 0 Å². The van der Waals surface area contributed by atoms with Crippen LogP contribution in [0, 0.1) is 0 Å². The van der Waals surface area contributed by atoms with Gasteiger partial charge in [-0.05, 0) is 18.6 Å². The molecule has 0 saturated heterocycles. The Bertz CT molecular complexity index is 555. The van der Waals surface area contributed by atoms with Gasteiger partial charge in [0.25, 0.3) is 5.91 Å². The van der Waals surface area contributed by atoms with E-state index in [0.29, 0.717) is 24.7 Å². The SMILES string of the molecule is CCOc1ccc(C(=O)N(C)Cc2ccccc2)nn1. The second-order valence-corrected chi connectivity index (χ2v) is 4.34. The van der Waals surface area contributed by atoms with Crippen LogP contribution in [0.15, 0.2) is 42.5 Å². The lowest BCUT2D eigenvalue weighted by molar-refractivity contribution is 0.0778. The number of hydrogen-bond acceptors (Lipinski definition) is 4. The number of hydrogen-bond donors (Lipinski definition) is 0. The van der Waals surface area contributed by atoms with Gasteiger partial charge in [0.05, 0.1) is 6.61 Å². The molecule has 0 aliphatic heterocycles. The molecule has 1 amide bonds. The number of nitrogens with zero attached hydrogens (tertiary/aromatic N) is 3. The minimum atomic E-state index is -0.163. The number of carbonyl (C=O) groups excluding carboxylic acids is 1. The van der Waals surface area contributed by atoms with Crippen molar-refractivity contribution in [3.8, 4) is 5.88 Å². The Morgan fingerprint density at radius 3 is 2.50 bits per heavy atom. The van der Waals surface area contributed by atoms with E-state index in [2.05, 4.69) is 10.2 Å². The van der Waals surface area contributed by atoms with Crippen LogP contribution in [-0.4, -0.2) is 34.7 Å². The number of rotatable bonds is 5. The van der Waals surface area contributed by atoms with Gasteiger partial charge in [0, 0.05) is 19.7 Å². The molecule has 0 bridgehead atoms. The molecule has 0 N–H and O–H groups in total. The average molecular weight is 271 g/mol. The third kappa shape index (κ3) is 3.54. The van der Waals surface area contributed by atoms with Crippen LogP contribution in [0.5, 0.6) is 5.88 Å². The van der Waals surface area contributed by atoms with Crippen LogP contribution < -0.4 is 4.74 Å². The normalized spacial score (nSPS) is 10.1. The predicted octanol–water partition coefficient (Wildman–Crippen LogP) is 2.15. The van der Waals surface area contributed by atoms with E-state index in [0.717, 1.165) is 5.56 Å². The van der Waals surface area contributed by atoms with Crippen molar-refractivity contribution < 1.29 is 9.53 Å². The van der Waals surface area contributed by atoms with E-state index in [-0.39, 0.29) is 5.91 Å². The van der Waals surface area contributed by atoms with Crippen LogP contribution in [0.3, 0.4) is 0 Å². The standard InChI is InChI=1S/C15H17N3O2/c1-3-20-14-10-9-13(16-17-14)15(19)18(2)11-12-7-5-4-6-8-12/h4-10H,3,11H2,1-2H3. The van der Waals surface area contributed by atoms with Crippen molar-refractivity contribution in [1.29, 1.82) is 0 Å².